The van der Waals surface area contributed by atoms with Crippen LogP contribution in [0.2, 0.25) is 5.02 Å². The predicted molar refractivity (Wildman–Crippen MR) is 131 cm³/mol. The molecule has 178 valence electrons. The fourth-order valence-electron chi connectivity index (χ4n) is 3.46. The van der Waals surface area contributed by atoms with Crippen molar-refractivity contribution < 1.29 is 14.1 Å². The minimum Gasteiger partial charge on any atom is -0.463 e. The fraction of sp³-hybridized carbons (Fsp3) is 0. The molecule has 0 atom stereocenters. The third-order valence-corrected chi connectivity index (χ3v) is 5.45. The molecule has 0 aliphatic heterocycles. The van der Waals surface area contributed by atoms with Gasteiger partial charge in [0, 0.05) is 29.3 Å². The first-order chi connectivity index (χ1) is 17.4. The van der Waals surface area contributed by atoms with Crippen LogP contribution in [0.1, 0.15) is 10.4 Å². The zero-order valence-corrected chi connectivity index (χ0v) is 19.0. The second kappa shape index (κ2) is 9.31. The molecular weight excluding hydrogens is 488 g/mol. The van der Waals surface area contributed by atoms with E-state index in [-0.39, 0.29) is 22.4 Å². The maximum absolute atomic E-state index is 13.0. The van der Waals surface area contributed by atoms with Crippen molar-refractivity contribution in [1.82, 2.24) is 19.7 Å². The van der Waals surface area contributed by atoms with Crippen LogP contribution in [-0.2, 0) is 0 Å². The zero-order valence-electron chi connectivity index (χ0n) is 18.2. The Kier molecular flexibility index (Phi) is 5.88. The summed E-state index contributed by atoms with van der Waals surface area (Å²) < 4.78 is 6.66. The highest BCUT2D eigenvalue weighted by Crippen LogP contribution is 2.28. The van der Waals surface area contributed by atoms with Gasteiger partial charge in [0.15, 0.2) is 5.76 Å². The lowest BCUT2D eigenvalue weighted by Gasteiger charge is -2.09. The summed E-state index contributed by atoms with van der Waals surface area (Å²) in [7, 11) is 0. The highest BCUT2D eigenvalue weighted by atomic mass is 35.5. The molecule has 12 heteroatoms. The van der Waals surface area contributed by atoms with Crippen LogP contribution in [0.25, 0.3) is 28.7 Å². The molecule has 0 aliphatic rings. The number of nitrogens with one attached hydrogen (secondary N) is 2. The molecule has 11 nitrogen and oxygen atoms in total. The van der Waals surface area contributed by atoms with Crippen molar-refractivity contribution in [2.45, 2.75) is 0 Å². The average Bonchev–Trinajstić information content (AvgIpc) is 3.55. The summed E-state index contributed by atoms with van der Waals surface area (Å²) in [5.41, 5.74) is 0.621. The number of benzene rings is 2. The van der Waals surface area contributed by atoms with Gasteiger partial charge >= 0.3 is 0 Å². The summed E-state index contributed by atoms with van der Waals surface area (Å²) >= 11 is 5.86. The third kappa shape index (κ3) is 4.50. The Labute approximate surface area is 207 Å². The molecule has 5 aromatic rings. The number of halogens is 1. The summed E-state index contributed by atoms with van der Waals surface area (Å²) in [4.78, 5) is 43.2. The van der Waals surface area contributed by atoms with Crippen LogP contribution in [0.4, 0.5) is 11.5 Å². The first-order valence-electron chi connectivity index (χ1n) is 10.5. The quantitative estimate of drug-likeness (QED) is 0.252. The molecule has 0 unspecified atom stereocenters. The Bertz CT molecular complexity index is 1640. The first kappa shape index (κ1) is 22.7. The molecular formula is C24H15ClN6O5. The second-order valence-corrected chi connectivity index (χ2v) is 7.91. The fourth-order valence-corrected chi connectivity index (χ4v) is 3.65. The number of H-pyrrole nitrogens is 1. The lowest BCUT2D eigenvalue weighted by molar-refractivity contribution is -0.384. The van der Waals surface area contributed by atoms with Gasteiger partial charge in [-0.25, -0.2) is 4.98 Å². The zero-order chi connectivity index (χ0) is 25.2. The molecule has 0 saturated carbocycles. The largest absolute Gasteiger partial charge is 0.463 e. The van der Waals surface area contributed by atoms with E-state index in [1.165, 1.54) is 35.2 Å². The summed E-state index contributed by atoms with van der Waals surface area (Å²) in [5.74, 6) is -0.0784. The molecule has 5 rings (SSSR count). The number of nitro benzene ring substituents is 1. The lowest BCUT2D eigenvalue weighted by Crippen LogP contribution is -2.19. The number of nitro groups is 1. The average molecular weight is 503 g/mol. The van der Waals surface area contributed by atoms with Crippen molar-refractivity contribution in [2.24, 2.45) is 0 Å². The van der Waals surface area contributed by atoms with Crippen LogP contribution < -0.4 is 10.9 Å². The summed E-state index contributed by atoms with van der Waals surface area (Å²) in [6.45, 7) is 0. The number of aromatic nitrogens is 4. The van der Waals surface area contributed by atoms with Gasteiger partial charge in [-0.1, -0.05) is 41.9 Å². The van der Waals surface area contributed by atoms with E-state index in [4.69, 9.17) is 16.0 Å². The number of amides is 1. The number of carbonyl (C=O) groups excluding carboxylic acids is 1. The Morgan fingerprint density at radius 2 is 1.86 bits per heavy atom. The van der Waals surface area contributed by atoms with E-state index in [9.17, 15) is 19.7 Å². The highest BCUT2D eigenvalue weighted by molar-refractivity contribution is 6.32. The third-order valence-electron chi connectivity index (χ3n) is 5.13. The Morgan fingerprint density at radius 3 is 2.58 bits per heavy atom. The van der Waals surface area contributed by atoms with Gasteiger partial charge < -0.3 is 9.73 Å². The smallest absolute Gasteiger partial charge is 0.288 e. The molecule has 3 aromatic heterocycles. The molecule has 1 amide bonds. The number of rotatable bonds is 6. The van der Waals surface area contributed by atoms with E-state index in [0.29, 0.717) is 22.7 Å². The van der Waals surface area contributed by atoms with E-state index >= 15 is 0 Å². The number of anilines is 1. The summed E-state index contributed by atoms with van der Waals surface area (Å²) in [5, 5.41) is 18.3. The highest BCUT2D eigenvalue weighted by Gasteiger charge is 2.20. The van der Waals surface area contributed by atoms with Crippen LogP contribution in [-0.4, -0.2) is 30.6 Å². The Balaban J connectivity index is 1.59. The number of hydrogen-bond donors (Lipinski definition) is 2. The van der Waals surface area contributed by atoms with Crippen LogP contribution in [0.3, 0.4) is 0 Å². The summed E-state index contributed by atoms with van der Waals surface area (Å²) in [6, 6.07) is 19.0. The SMILES string of the molecule is O=C(Nc1cc(-c2ccco2)nn1-c1nc(-c2ccccc2)cc(=O)[nH]1)c1ccc(Cl)c([N+](=O)[O-])c1. The molecule has 0 bridgehead atoms. The van der Waals surface area contributed by atoms with Gasteiger partial charge in [0.25, 0.3) is 17.2 Å². The van der Waals surface area contributed by atoms with Crippen molar-refractivity contribution in [3.8, 4) is 28.7 Å². The molecule has 0 fully saturated rings. The van der Waals surface area contributed by atoms with E-state index < -0.39 is 22.1 Å². The number of aromatic amines is 1. The second-order valence-electron chi connectivity index (χ2n) is 7.50. The van der Waals surface area contributed by atoms with E-state index in [1.807, 2.05) is 18.2 Å². The van der Waals surface area contributed by atoms with Crippen LogP contribution in [0, 0.1) is 10.1 Å². The number of carbonyl (C=O) groups is 1. The van der Waals surface area contributed by atoms with Crippen LogP contribution >= 0.6 is 11.6 Å². The Morgan fingerprint density at radius 1 is 1.06 bits per heavy atom. The maximum Gasteiger partial charge on any atom is 0.288 e. The summed E-state index contributed by atoms with van der Waals surface area (Å²) in [6.07, 6.45) is 1.47. The van der Waals surface area contributed by atoms with Crippen molar-refractivity contribution in [3.63, 3.8) is 0 Å². The van der Waals surface area contributed by atoms with E-state index in [2.05, 4.69) is 20.4 Å². The van der Waals surface area contributed by atoms with Gasteiger partial charge in [0.2, 0.25) is 5.95 Å². The van der Waals surface area contributed by atoms with Crippen LogP contribution in [0.5, 0.6) is 0 Å². The van der Waals surface area contributed by atoms with Gasteiger partial charge in [-0.05, 0) is 24.3 Å². The minimum atomic E-state index is -0.678. The lowest BCUT2D eigenvalue weighted by atomic mass is 10.1. The van der Waals surface area contributed by atoms with Gasteiger partial charge in [0.1, 0.15) is 16.5 Å². The first-order valence-corrected chi connectivity index (χ1v) is 10.8. The van der Waals surface area contributed by atoms with Gasteiger partial charge in [-0.3, -0.25) is 24.7 Å². The number of furan rings is 1. The monoisotopic (exact) mass is 502 g/mol. The molecule has 3 heterocycles. The molecule has 0 spiro atoms. The Hall–Kier alpha value is -5.03. The van der Waals surface area contributed by atoms with Gasteiger partial charge in [0.05, 0.1) is 16.9 Å². The molecule has 0 radical (unpaired) electrons. The molecule has 0 aliphatic carbocycles. The predicted octanol–water partition coefficient (Wildman–Crippen LogP) is 4.70. The van der Waals surface area contributed by atoms with Crippen molar-refractivity contribution in [1.29, 1.82) is 0 Å². The van der Waals surface area contributed by atoms with Crippen LogP contribution in [0.15, 0.2) is 88.3 Å². The molecule has 2 N–H and O–H groups in total. The maximum atomic E-state index is 13.0. The van der Waals surface area contributed by atoms with E-state index in [1.54, 1.807) is 24.3 Å². The molecule has 2 aromatic carbocycles. The molecule has 36 heavy (non-hydrogen) atoms. The topological polar surface area (TPSA) is 149 Å². The van der Waals surface area contributed by atoms with Gasteiger partial charge in [-0.15, -0.1) is 0 Å². The normalized spacial score (nSPS) is 10.8. The minimum absolute atomic E-state index is 0.00196. The van der Waals surface area contributed by atoms with E-state index in [0.717, 1.165) is 6.07 Å². The molecule has 0 saturated heterocycles. The van der Waals surface area contributed by atoms with Crippen molar-refractivity contribution in [3.05, 3.63) is 110 Å². The van der Waals surface area contributed by atoms with Crippen molar-refractivity contribution >= 4 is 29.0 Å². The standard InChI is InChI=1S/C24H15ClN6O5/c25-16-9-8-15(11-19(16)31(34)35)23(33)27-21-12-18(20-7-4-10-36-20)29-30(21)24-26-17(13-22(32)28-24)14-5-2-1-3-6-14/h1-13H,(H,27,33)(H,26,28,32). The number of hydrogen-bond acceptors (Lipinski definition) is 7. The van der Waals surface area contributed by atoms with Gasteiger partial charge in [-0.2, -0.15) is 9.78 Å². The number of nitrogens with zero attached hydrogens (tertiary/aromatic N) is 4. The van der Waals surface area contributed by atoms with Crippen molar-refractivity contribution in [2.75, 3.05) is 5.32 Å².